The second kappa shape index (κ2) is 13.8. The molecule has 3 heteroatoms. The highest BCUT2D eigenvalue weighted by atomic mass is 15.2. The third-order valence-electron chi connectivity index (χ3n) is 16.1. The summed E-state index contributed by atoms with van der Waals surface area (Å²) in [6.07, 6.45) is 2.28. The molecule has 0 amide bonds. The van der Waals surface area contributed by atoms with E-state index in [1.165, 1.54) is 101 Å². The minimum atomic E-state index is -0.0296. The molecule has 6 aromatic carbocycles. The van der Waals surface area contributed by atoms with Gasteiger partial charge in [0.1, 0.15) is 0 Å². The zero-order valence-electron chi connectivity index (χ0n) is 42.8. The van der Waals surface area contributed by atoms with Crippen LogP contribution in [0, 0.1) is 0 Å². The highest BCUT2D eigenvalue weighted by Gasteiger charge is 2.49. The fourth-order valence-corrected chi connectivity index (χ4v) is 13.1. The predicted molar refractivity (Wildman–Crippen MR) is 283 cm³/mol. The number of rotatable bonds is 3. The second-order valence-corrected chi connectivity index (χ2v) is 26.2. The van der Waals surface area contributed by atoms with Crippen LogP contribution < -0.4 is 26.2 Å². The van der Waals surface area contributed by atoms with Crippen molar-refractivity contribution < 1.29 is 0 Å². The van der Waals surface area contributed by atoms with Crippen LogP contribution in [0.4, 0.5) is 34.1 Å². The minimum absolute atomic E-state index is 0.0126. The van der Waals surface area contributed by atoms with E-state index in [-0.39, 0.29) is 44.6 Å². The van der Waals surface area contributed by atoms with Gasteiger partial charge in [-0.15, -0.1) is 0 Å². The molecule has 334 valence electrons. The molecule has 4 aliphatic rings. The Kier molecular flexibility index (Phi) is 9.29. The average molecular weight is 857 g/mol. The van der Waals surface area contributed by atoms with Crippen molar-refractivity contribution in [2.45, 2.75) is 168 Å². The SMILES string of the molecule is CC(C)(C)c1ccc(-c2cc(C(C)(C)C)ccc2N2c3cc(C(C)(C)C)ccc3B3c4cc5c(cc4N(c4ccc6c(c4)C(C)(C)CC6(C)C)c4cccc2c43)C(C)(C)CC5(C)C)cc1. The van der Waals surface area contributed by atoms with Crippen LogP contribution in [0.1, 0.15) is 169 Å². The summed E-state index contributed by atoms with van der Waals surface area (Å²) in [6, 6.07) is 44.1. The van der Waals surface area contributed by atoms with Gasteiger partial charge in [-0.1, -0.05) is 178 Å². The van der Waals surface area contributed by atoms with E-state index in [1.807, 2.05) is 0 Å². The Labute approximate surface area is 393 Å². The lowest BCUT2D eigenvalue weighted by molar-refractivity contribution is 0.403. The molecule has 2 nitrogen and oxygen atoms in total. The largest absolute Gasteiger partial charge is 0.311 e. The van der Waals surface area contributed by atoms with Crippen molar-refractivity contribution >= 4 is 57.2 Å². The minimum Gasteiger partial charge on any atom is -0.311 e. The van der Waals surface area contributed by atoms with Gasteiger partial charge in [0.25, 0.3) is 6.71 Å². The molecule has 0 radical (unpaired) electrons. The van der Waals surface area contributed by atoms with E-state index < -0.39 is 0 Å². The van der Waals surface area contributed by atoms with E-state index in [2.05, 4.69) is 237 Å². The lowest BCUT2D eigenvalue weighted by Gasteiger charge is -2.45. The van der Waals surface area contributed by atoms with E-state index >= 15 is 0 Å². The van der Waals surface area contributed by atoms with Crippen LogP contribution >= 0.6 is 0 Å². The van der Waals surface area contributed by atoms with Crippen molar-refractivity contribution in [1.29, 1.82) is 0 Å². The maximum atomic E-state index is 2.66. The molecule has 6 aromatic rings. The molecule has 0 atom stereocenters. The summed E-state index contributed by atoms with van der Waals surface area (Å²) in [7, 11) is 0. The molecule has 0 aromatic heterocycles. The van der Waals surface area contributed by atoms with Crippen LogP contribution in [0.25, 0.3) is 11.1 Å². The first kappa shape index (κ1) is 43.9. The smallest absolute Gasteiger partial charge is 0.252 e. The fourth-order valence-electron chi connectivity index (χ4n) is 13.1. The van der Waals surface area contributed by atoms with Crippen LogP contribution in [0.3, 0.4) is 0 Å². The van der Waals surface area contributed by atoms with Gasteiger partial charge in [-0.05, 0) is 160 Å². The van der Waals surface area contributed by atoms with Crippen LogP contribution in [-0.4, -0.2) is 6.71 Å². The summed E-state index contributed by atoms with van der Waals surface area (Å²) in [4.78, 5) is 5.31. The Balaban J connectivity index is 1.30. The molecule has 2 aliphatic carbocycles. The summed E-state index contributed by atoms with van der Waals surface area (Å²) < 4.78 is 0. The molecule has 65 heavy (non-hydrogen) atoms. The van der Waals surface area contributed by atoms with Gasteiger partial charge in [-0.2, -0.15) is 0 Å². The molecule has 0 unspecified atom stereocenters. The molecule has 2 heterocycles. The summed E-state index contributed by atoms with van der Waals surface area (Å²) in [6.45, 7) is 40.7. The number of anilines is 6. The van der Waals surface area contributed by atoms with Crippen molar-refractivity contribution in [1.82, 2.24) is 0 Å². The maximum Gasteiger partial charge on any atom is 0.252 e. The predicted octanol–water partition coefficient (Wildman–Crippen LogP) is 15.2. The number of fused-ring (bicyclic) bond motifs is 6. The fraction of sp³-hybridized carbons (Fsp3) is 0.419. The van der Waals surface area contributed by atoms with Gasteiger partial charge in [0.15, 0.2) is 0 Å². The first-order chi connectivity index (χ1) is 30.1. The summed E-state index contributed by atoms with van der Waals surface area (Å²) in [5, 5.41) is 0. The van der Waals surface area contributed by atoms with E-state index in [4.69, 9.17) is 0 Å². The molecule has 0 spiro atoms. The van der Waals surface area contributed by atoms with Gasteiger partial charge < -0.3 is 9.80 Å². The van der Waals surface area contributed by atoms with E-state index in [9.17, 15) is 0 Å². The Morgan fingerprint density at radius 3 is 1.49 bits per heavy atom. The quantitative estimate of drug-likeness (QED) is 0.163. The molecule has 0 bridgehead atoms. The molecule has 0 saturated heterocycles. The molecule has 0 fully saturated rings. The summed E-state index contributed by atoms with van der Waals surface area (Å²) in [5.74, 6) is 0. The molecule has 0 N–H and O–H groups in total. The zero-order valence-corrected chi connectivity index (χ0v) is 42.8. The van der Waals surface area contributed by atoms with Gasteiger partial charge in [0.05, 0.1) is 5.69 Å². The first-order valence-corrected chi connectivity index (χ1v) is 24.6. The van der Waals surface area contributed by atoms with E-state index in [0.717, 1.165) is 12.8 Å². The third kappa shape index (κ3) is 6.79. The van der Waals surface area contributed by atoms with E-state index in [1.54, 1.807) is 0 Å². The number of nitrogens with zero attached hydrogens (tertiary/aromatic N) is 2. The first-order valence-electron chi connectivity index (χ1n) is 24.6. The molecular formula is C62H73BN2. The van der Waals surface area contributed by atoms with Gasteiger partial charge in [-0.3, -0.25) is 0 Å². The molecular weight excluding hydrogens is 784 g/mol. The van der Waals surface area contributed by atoms with Gasteiger partial charge in [0, 0.05) is 34.0 Å². The number of benzene rings is 6. The summed E-state index contributed by atoms with van der Waals surface area (Å²) >= 11 is 0. The standard InChI is InChI=1S/C62H73BN2/c1-56(2,3)39-23-21-38(22-24-39)43-31-40(57(4,5)6)26-30-50(43)65-52-20-18-19-51-55(52)63(48-29-25-41(32-53(48)65)58(7,8)9)49-34-46-47(62(16,17)37-61(46,14)15)35-54(49)64(51)42-27-28-44-45(33-42)60(12,13)36-59(44,10)11/h18-35H,36-37H2,1-17H3. The van der Waals surface area contributed by atoms with Crippen LogP contribution in [0.15, 0.2) is 109 Å². The molecule has 0 saturated carbocycles. The zero-order chi connectivity index (χ0) is 46.8. The molecule has 10 rings (SSSR count). The lowest BCUT2D eigenvalue weighted by atomic mass is 9.33. The van der Waals surface area contributed by atoms with Crippen LogP contribution in [0.2, 0.25) is 0 Å². The normalized spacial score (nSPS) is 18.5. The third-order valence-corrected chi connectivity index (χ3v) is 16.1. The Bertz CT molecular complexity index is 2940. The average Bonchev–Trinajstić information content (AvgIpc) is 3.52. The van der Waals surface area contributed by atoms with Crippen LogP contribution in [-0.2, 0) is 37.9 Å². The van der Waals surface area contributed by atoms with Crippen molar-refractivity contribution in [3.63, 3.8) is 0 Å². The number of hydrogen-bond donors (Lipinski definition) is 0. The Hall–Kier alpha value is -5.02. The monoisotopic (exact) mass is 857 g/mol. The summed E-state index contributed by atoms with van der Waals surface area (Å²) in [5.41, 5.74) is 24.7. The van der Waals surface area contributed by atoms with Gasteiger partial charge in [0.2, 0.25) is 0 Å². The highest BCUT2D eigenvalue weighted by molar-refractivity contribution is 7.00. The second-order valence-electron chi connectivity index (χ2n) is 26.2. The van der Waals surface area contributed by atoms with Crippen molar-refractivity contribution in [3.8, 4) is 11.1 Å². The Morgan fingerprint density at radius 2 is 0.892 bits per heavy atom. The van der Waals surface area contributed by atoms with Gasteiger partial charge in [-0.25, -0.2) is 0 Å². The van der Waals surface area contributed by atoms with E-state index in [0.29, 0.717) is 0 Å². The van der Waals surface area contributed by atoms with Crippen molar-refractivity contribution in [3.05, 3.63) is 148 Å². The highest BCUT2D eigenvalue weighted by Crippen LogP contribution is 2.55. The number of hydrogen-bond acceptors (Lipinski definition) is 2. The van der Waals surface area contributed by atoms with Crippen molar-refractivity contribution in [2.24, 2.45) is 0 Å². The lowest BCUT2D eigenvalue weighted by Crippen LogP contribution is -2.61. The maximum absolute atomic E-state index is 2.66. The van der Waals surface area contributed by atoms with Gasteiger partial charge >= 0.3 is 0 Å². The topological polar surface area (TPSA) is 6.48 Å². The van der Waals surface area contributed by atoms with Crippen molar-refractivity contribution in [2.75, 3.05) is 9.80 Å². The van der Waals surface area contributed by atoms with Crippen LogP contribution in [0.5, 0.6) is 0 Å². The molecule has 2 aliphatic heterocycles. The Morgan fingerprint density at radius 1 is 0.400 bits per heavy atom.